The van der Waals surface area contributed by atoms with Crippen LogP contribution in [-0.2, 0) is 21.5 Å². The smallest absolute Gasteiger partial charge is 0.422 e. The first-order valence-electron chi connectivity index (χ1n) is 11.9. The Kier molecular flexibility index (Phi) is 6.46. The first-order chi connectivity index (χ1) is 18.4. The molecule has 0 atom stereocenters. The fourth-order valence-electron chi connectivity index (χ4n) is 4.11. The second-order valence-corrected chi connectivity index (χ2v) is 11.3. The number of nitrogens with two attached hydrogens (primary N) is 1. The molecule has 13 nitrogen and oxygen atoms in total. The molecule has 0 saturated carbocycles. The van der Waals surface area contributed by atoms with E-state index in [0.717, 1.165) is 4.31 Å². The van der Waals surface area contributed by atoms with Crippen LogP contribution in [0.5, 0.6) is 0 Å². The van der Waals surface area contributed by atoms with E-state index in [1.165, 1.54) is 10.7 Å². The van der Waals surface area contributed by atoms with Gasteiger partial charge in [-0.25, -0.2) is 37.8 Å². The number of benzene rings is 1. The summed E-state index contributed by atoms with van der Waals surface area (Å²) in [6, 6.07) is 9.85. The number of nitrogen functional groups attached to an aromatic ring is 1. The Morgan fingerprint density at radius 1 is 1.21 bits per heavy atom. The number of hydrogen-bond acceptors (Lipinski definition) is 10. The third-order valence-corrected chi connectivity index (χ3v) is 7.04. The van der Waals surface area contributed by atoms with Crippen LogP contribution in [0.3, 0.4) is 0 Å². The number of carbonyl (C=O) groups is 1. The van der Waals surface area contributed by atoms with E-state index < -0.39 is 21.9 Å². The minimum absolute atomic E-state index is 0.0192. The van der Waals surface area contributed by atoms with E-state index >= 15 is 0 Å². The number of fused-ring (bicyclic) bond motifs is 2. The number of ether oxygens (including phenoxy) is 1. The molecular weight excluding hydrogens is 529 g/mol. The van der Waals surface area contributed by atoms with Crippen LogP contribution < -0.4 is 20.1 Å². The fourth-order valence-corrected chi connectivity index (χ4v) is 5.22. The second kappa shape index (κ2) is 9.65. The maximum absolute atomic E-state index is 14.3. The summed E-state index contributed by atoms with van der Waals surface area (Å²) in [5.41, 5.74) is 6.57. The molecule has 15 heteroatoms. The normalized spacial score (nSPS) is 13.6. The maximum atomic E-state index is 14.3. The molecule has 4 heterocycles. The molecular formula is C24H26FN9O4S. The van der Waals surface area contributed by atoms with E-state index in [2.05, 4.69) is 25.4 Å². The van der Waals surface area contributed by atoms with Crippen molar-refractivity contribution in [2.45, 2.75) is 32.9 Å². The molecule has 0 unspecified atom stereocenters. The predicted molar refractivity (Wildman–Crippen MR) is 143 cm³/mol. The van der Waals surface area contributed by atoms with Gasteiger partial charge in [-0.1, -0.05) is 18.2 Å². The number of hydrogen-bond donors (Lipinski definition) is 3. The van der Waals surface area contributed by atoms with Gasteiger partial charge in [0.1, 0.15) is 22.8 Å². The molecule has 0 aliphatic carbocycles. The Morgan fingerprint density at radius 3 is 2.72 bits per heavy atom. The van der Waals surface area contributed by atoms with E-state index in [9.17, 15) is 17.6 Å². The molecule has 1 aliphatic heterocycles. The SMILES string of the molecule is CC(C)(C)OC(=O)NS(=O)(=O)N1CCNc2nc(-c3nn(Cc4ccccc4F)c4ncccc34)nc(N)c21. The number of nitrogens with zero attached hydrogens (tertiary/aromatic N) is 6. The predicted octanol–water partition coefficient (Wildman–Crippen LogP) is 2.66. The minimum Gasteiger partial charge on any atom is -0.443 e. The third-order valence-electron chi connectivity index (χ3n) is 5.67. The van der Waals surface area contributed by atoms with E-state index in [1.807, 2.05) is 4.72 Å². The van der Waals surface area contributed by atoms with Crippen molar-refractivity contribution in [2.75, 3.05) is 28.4 Å². The molecule has 1 aliphatic rings. The van der Waals surface area contributed by atoms with E-state index in [-0.39, 0.29) is 48.6 Å². The van der Waals surface area contributed by atoms with Crippen molar-refractivity contribution in [1.82, 2.24) is 29.5 Å². The summed E-state index contributed by atoms with van der Waals surface area (Å²) in [6.07, 6.45) is 0.466. The van der Waals surface area contributed by atoms with Gasteiger partial charge >= 0.3 is 16.3 Å². The summed E-state index contributed by atoms with van der Waals surface area (Å²) in [5, 5.41) is 8.23. The van der Waals surface area contributed by atoms with Crippen molar-refractivity contribution in [3.05, 3.63) is 54.0 Å². The Bertz CT molecular complexity index is 1680. The summed E-state index contributed by atoms with van der Waals surface area (Å²) >= 11 is 0. The van der Waals surface area contributed by atoms with Gasteiger partial charge in [0.05, 0.1) is 18.5 Å². The maximum Gasteiger partial charge on any atom is 0.422 e. The van der Waals surface area contributed by atoms with Crippen molar-refractivity contribution in [1.29, 1.82) is 0 Å². The molecule has 4 N–H and O–H groups in total. The number of pyridine rings is 1. The van der Waals surface area contributed by atoms with Gasteiger partial charge in [0.2, 0.25) is 0 Å². The topological polar surface area (TPSA) is 170 Å². The van der Waals surface area contributed by atoms with Gasteiger partial charge in [0, 0.05) is 18.3 Å². The molecule has 1 amide bonds. The minimum atomic E-state index is -4.39. The van der Waals surface area contributed by atoms with Crippen LogP contribution in [0.25, 0.3) is 22.6 Å². The van der Waals surface area contributed by atoms with Crippen molar-refractivity contribution < 1.29 is 22.3 Å². The van der Waals surface area contributed by atoms with E-state index in [1.54, 1.807) is 57.3 Å². The average Bonchev–Trinajstić information content (AvgIpc) is 3.22. The van der Waals surface area contributed by atoms with Crippen LogP contribution in [-0.4, -0.2) is 57.9 Å². The van der Waals surface area contributed by atoms with Crippen LogP contribution in [0.1, 0.15) is 26.3 Å². The zero-order chi connectivity index (χ0) is 27.9. The average molecular weight is 556 g/mol. The summed E-state index contributed by atoms with van der Waals surface area (Å²) in [5.74, 6) is -0.279. The standard InChI is InChI=1S/C24H26FN9O4S/c1-24(2,3)38-23(35)32-39(36,37)34-12-11-27-21-18(34)19(26)29-20(30-21)17-15-8-6-10-28-22(15)33(31-17)13-14-7-4-5-9-16(14)25/h4-10H,11-13H2,1-3H3,(H,32,35)(H3,26,27,29,30). The molecule has 204 valence electrons. The number of rotatable bonds is 5. The number of halogens is 1. The lowest BCUT2D eigenvalue weighted by Crippen LogP contribution is -2.49. The zero-order valence-electron chi connectivity index (χ0n) is 21.3. The fraction of sp³-hybridized carbons (Fsp3) is 0.292. The lowest BCUT2D eigenvalue weighted by atomic mass is 10.2. The van der Waals surface area contributed by atoms with Crippen LogP contribution in [0.15, 0.2) is 42.6 Å². The summed E-state index contributed by atoms with van der Waals surface area (Å²) in [4.78, 5) is 25.4. The van der Waals surface area contributed by atoms with Gasteiger partial charge in [-0.2, -0.15) is 13.5 Å². The molecule has 4 aromatic rings. The van der Waals surface area contributed by atoms with E-state index in [0.29, 0.717) is 22.3 Å². The van der Waals surface area contributed by atoms with Crippen LogP contribution in [0.4, 0.5) is 26.5 Å². The first-order valence-corrected chi connectivity index (χ1v) is 13.4. The first kappa shape index (κ1) is 26.1. The highest BCUT2D eigenvalue weighted by Crippen LogP contribution is 2.36. The lowest BCUT2D eigenvalue weighted by Gasteiger charge is -2.31. The number of anilines is 3. The summed E-state index contributed by atoms with van der Waals surface area (Å²) in [6.45, 7) is 5.10. The molecule has 0 radical (unpaired) electrons. The molecule has 0 bridgehead atoms. The monoisotopic (exact) mass is 555 g/mol. The Balaban J connectivity index is 1.53. The highest BCUT2D eigenvalue weighted by molar-refractivity contribution is 7.91. The summed E-state index contributed by atoms with van der Waals surface area (Å²) in [7, 11) is -4.39. The molecule has 1 aromatic carbocycles. The molecule has 5 rings (SSSR count). The van der Waals surface area contributed by atoms with Gasteiger partial charge in [-0.05, 0) is 39.0 Å². The van der Waals surface area contributed by atoms with Gasteiger partial charge < -0.3 is 15.8 Å². The largest absolute Gasteiger partial charge is 0.443 e. The lowest BCUT2D eigenvalue weighted by molar-refractivity contribution is 0.0570. The van der Waals surface area contributed by atoms with Crippen LogP contribution in [0.2, 0.25) is 0 Å². The zero-order valence-corrected chi connectivity index (χ0v) is 22.2. The number of amides is 1. The Morgan fingerprint density at radius 2 is 1.97 bits per heavy atom. The molecule has 0 spiro atoms. The molecule has 3 aromatic heterocycles. The molecule has 0 fully saturated rings. The highest BCUT2D eigenvalue weighted by atomic mass is 32.2. The Hall–Kier alpha value is -4.53. The summed E-state index contributed by atoms with van der Waals surface area (Å²) < 4.78 is 49.9. The van der Waals surface area contributed by atoms with Crippen molar-refractivity contribution >= 4 is 44.7 Å². The molecule has 0 saturated heterocycles. The Labute approximate surface area is 223 Å². The third kappa shape index (κ3) is 5.25. The van der Waals surface area contributed by atoms with Gasteiger partial charge in [0.15, 0.2) is 23.1 Å². The van der Waals surface area contributed by atoms with Crippen LogP contribution in [0, 0.1) is 5.82 Å². The second-order valence-electron chi connectivity index (χ2n) is 9.71. The van der Waals surface area contributed by atoms with E-state index in [4.69, 9.17) is 10.5 Å². The number of carbonyl (C=O) groups excluding carboxylic acids is 1. The highest BCUT2D eigenvalue weighted by Gasteiger charge is 2.34. The van der Waals surface area contributed by atoms with Gasteiger partial charge in [-0.3, -0.25) is 0 Å². The van der Waals surface area contributed by atoms with Crippen molar-refractivity contribution in [3.63, 3.8) is 0 Å². The van der Waals surface area contributed by atoms with Gasteiger partial charge in [-0.15, -0.1) is 0 Å². The number of nitrogens with one attached hydrogen (secondary N) is 2. The van der Waals surface area contributed by atoms with Crippen LogP contribution >= 0.6 is 0 Å². The van der Waals surface area contributed by atoms with Gasteiger partial charge in [0.25, 0.3) is 0 Å². The number of aromatic nitrogens is 5. The quantitative estimate of drug-likeness (QED) is 0.333. The van der Waals surface area contributed by atoms with Crippen molar-refractivity contribution in [2.24, 2.45) is 0 Å². The molecule has 39 heavy (non-hydrogen) atoms. The van der Waals surface area contributed by atoms with Crippen molar-refractivity contribution in [3.8, 4) is 11.5 Å².